The number of benzene rings is 1. The molecule has 0 bridgehead atoms. The van der Waals surface area contributed by atoms with Gasteiger partial charge in [0.25, 0.3) is 5.69 Å². The third-order valence-corrected chi connectivity index (χ3v) is 2.61. The molecular weight excluding hydrogens is 240 g/mol. The molecule has 7 nitrogen and oxygen atoms in total. The minimum Gasteiger partial charge on any atom is -0.493 e. The van der Waals surface area contributed by atoms with Crippen LogP contribution in [0, 0.1) is 10.1 Å². The summed E-state index contributed by atoms with van der Waals surface area (Å²) < 4.78 is 10.0. The van der Waals surface area contributed by atoms with E-state index in [1.54, 1.807) is 0 Å². The minimum absolute atomic E-state index is 0.202. The molecule has 100 valence electrons. The highest BCUT2D eigenvalue weighted by Gasteiger charge is 2.26. The molecule has 0 saturated heterocycles. The normalized spacial score (nSPS) is 13.8. The van der Waals surface area contributed by atoms with Crippen LogP contribution in [0.4, 0.5) is 5.69 Å². The Labute approximate surface area is 104 Å². The van der Waals surface area contributed by atoms with Crippen molar-refractivity contribution in [2.75, 3.05) is 14.2 Å². The van der Waals surface area contributed by atoms with Crippen LogP contribution in [0.5, 0.6) is 11.5 Å². The van der Waals surface area contributed by atoms with Crippen molar-refractivity contribution in [1.82, 2.24) is 0 Å². The van der Waals surface area contributed by atoms with Crippen LogP contribution >= 0.6 is 0 Å². The average molecular weight is 256 g/mol. The molecule has 0 spiro atoms. The van der Waals surface area contributed by atoms with Gasteiger partial charge in [0.1, 0.15) is 0 Å². The number of nitrogens with zero attached hydrogens (tertiary/aromatic N) is 1. The lowest BCUT2D eigenvalue weighted by Crippen LogP contribution is -2.24. The second kappa shape index (κ2) is 5.65. The van der Waals surface area contributed by atoms with E-state index in [4.69, 9.17) is 15.2 Å². The van der Waals surface area contributed by atoms with Crippen LogP contribution in [0.25, 0.3) is 0 Å². The molecule has 1 aromatic rings. The van der Waals surface area contributed by atoms with E-state index in [0.29, 0.717) is 5.75 Å². The number of methoxy groups -OCH3 is 2. The number of aliphatic hydroxyl groups is 1. The summed E-state index contributed by atoms with van der Waals surface area (Å²) in [5, 5.41) is 20.4. The Kier molecular flexibility index (Phi) is 4.46. The van der Waals surface area contributed by atoms with Crippen molar-refractivity contribution in [2.24, 2.45) is 5.73 Å². The molecule has 0 aliphatic rings. The van der Waals surface area contributed by atoms with Gasteiger partial charge in [0.2, 0.25) is 0 Å². The monoisotopic (exact) mass is 256 g/mol. The molecular formula is C11H16N2O5. The van der Waals surface area contributed by atoms with Crippen molar-refractivity contribution in [1.29, 1.82) is 0 Å². The summed E-state index contributed by atoms with van der Waals surface area (Å²) in [7, 11) is 2.80. The van der Waals surface area contributed by atoms with E-state index in [1.807, 2.05) is 0 Å². The molecule has 7 heteroatoms. The Morgan fingerprint density at radius 2 is 1.83 bits per heavy atom. The van der Waals surface area contributed by atoms with Gasteiger partial charge in [0.05, 0.1) is 42.9 Å². The van der Waals surface area contributed by atoms with E-state index in [0.717, 1.165) is 0 Å². The molecule has 1 rings (SSSR count). The number of nitro benzene ring substituents is 1. The lowest BCUT2D eigenvalue weighted by atomic mass is 10.0. The lowest BCUT2D eigenvalue weighted by molar-refractivity contribution is -0.385. The molecule has 0 aromatic heterocycles. The summed E-state index contributed by atoms with van der Waals surface area (Å²) in [5.41, 5.74) is 5.73. The van der Waals surface area contributed by atoms with Gasteiger partial charge in [-0.15, -0.1) is 0 Å². The van der Waals surface area contributed by atoms with Gasteiger partial charge in [0.15, 0.2) is 11.5 Å². The number of rotatable bonds is 5. The Hall–Kier alpha value is -1.86. The van der Waals surface area contributed by atoms with Crippen LogP contribution in [-0.4, -0.2) is 30.4 Å². The highest BCUT2D eigenvalue weighted by molar-refractivity contribution is 5.55. The topological polar surface area (TPSA) is 108 Å². The van der Waals surface area contributed by atoms with Crippen LogP contribution in [0.2, 0.25) is 0 Å². The summed E-state index contributed by atoms with van der Waals surface area (Å²) in [6.07, 6.45) is -0.915. The van der Waals surface area contributed by atoms with E-state index < -0.39 is 17.1 Å². The molecule has 0 unspecified atom stereocenters. The van der Waals surface area contributed by atoms with Crippen LogP contribution in [0.15, 0.2) is 12.1 Å². The van der Waals surface area contributed by atoms with Crippen molar-refractivity contribution in [3.63, 3.8) is 0 Å². The largest absolute Gasteiger partial charge is 0.493 e. The maximum atomic E-state index is 11.0. The Morgan fingerprint density at radius 3 is 2.22 bits per heavy atom. The number of hydrogen-bond donors (Lipinski definition) is 2. The quantitative estimate of drug-likeness (QED) is 0.600. The number of nitrogens with two attached hydrogens (primary N) is 1. The molecule has 1 aromatic carbocycles. The molecule has 3 N–H and O–H groups in total. The second-order valence-corrected chi connectivity index (χ2v) is 3.79. The molecule has 0 heterocycles. The van der Waals surface area contributed by atoms with E-state index in [9.17, 15) is 15.2 Å². The summed E-state index contributed by atoms with van der Waals surface area (Å²) in [6.45, 7) is 1.46. The van der Waals surface area contributed by atoms with E-state index in [1.165, 1.54) is 33.3 Å². The Morgan fingerprint density at radius 1 is 1.33 bits per heavy atom. The van der Waals surface area contributed by atoms with Crippen LogP contribution < -0.4 is 15.2 Å². The highest BCUT2D eigenvalue weighted by Crippen LogP contribution is 2.37. The van der Waals surface area contributed by atoms with Crippen LogP contribution in [0.3, 0.4) is 0 Å². The molecule has 18 heavy (non-hydrogen) atoms. The third kappa shape index (κ3) is 2.69. The molecule has 0 radical (unpaired) electrons. The van der Waals surface area contributed by atoms with Gasteiger partial charge < -0.3 is 20.3 Å². The number of ether oxygens (including phenoxy) is 2. The molecule has 0 aliphatic carbocycles. The van der Waals surface area contributed by atoms with Crippen LogP contribution in [0.1, 0.15) is 18.5 Å². The van der Waals surface area contributed by atoms with Crippen LogP contribution in [-0.2, 0) is 0 Å². The van der Waals surface area contributed by atoms with Crippen molar-refractivity contribution in [3.8, 4) is 11.5 Å². The molecule has 0 amide bonds. The summed E-state index contributed by atoms with van der Waals surface area (Å²) in [5.74, 6) is 0.569. The van der Waals surface area contributed by atoms with Gasteiger partial charge in [-0.3, -0.25) is 10.1 Å². The fourth-order valence-electron chi connectivity index (χ4n) is 1.57. The number of aliphatic hydroxyl groups excluding tert-OH is 1. The number of nitro groups is 1. The minimum atomic E-state index is -0.915. The van der Waals surface area contributed by atoms with Crippen molar-refractivity contribution < 1.29 is 19.5 Å². The predicted octanol–water partition coefficient (Wildman–Crippen LogP) is 0.993. The second-order valence-electron chi connectivity index (χ2n) is 3.79. The first-order valence-electron chi connectivity index (χ1n) is 5.26. The van der Waals surface area contributed by atoms with Gasteiger partial charge in [-0.2, -0.15) is 0 Å². The zero-order valence-electron chi connectivity index (χ0n) is 10.4. The van der Waals surface area contributed by atoms with Crippen molar-refractivity contribution in [3.05, 3.63) is 27.8 Å². The first kappa shape index (κ1) is 14.2. The van der Waals surface area contributed by atoms with Gasteiger partial charge in [-0.05, 0) is 13.0 Å². The maximum absolute atomic E-state index is 11.0. The molecule has 0 fully saturated rings. The SMILES string of the molecule is COc1cc([C@H](N)[C@@H](C)O)c([N+](=O)[O-])cc1OC. The first-order valence-corrected chi connectivity index (χ1v) is 5.26. The zero-order valence-corrected chi connectivity index (χ0v) is 10.4. The first-order chi connectivity index (χ1) is 8.42. The summed E-state index contributed by atoms with van der Waals surface area (Å²) in [4.78, 5) is 10.4. The van der Waals surface area contributed by atoms with Gasteiger partial charge in [0, 0.05) is 0 Å². The van der Waals surface area contributed by atoms with Crippen molar-refractivity contribution >= 4 is 5.69 Å². The standard InChI is InChI=1S/C11H16N2O5/c1-6(14)11(12)7-4-9(17-2)10(18-3)5-8(7)13(15)16/h4-6,11,14H,12H2,1-3H3/t6-,11-/m1/s1. The Balaban J connectivity index is 3.42. The van der Waals surface area contributed by atoms with E-state index in [-0.39, 0.29) is 17.0 Å². The smallest absolute Gasteiger partial charge is 0.278 e. The number of hydrogen-bond acceptors (Lipinski definition) is 6. The fourth-order valence-corrected chi connectivity index (χ4v) is 1.57. The van der Waals surface area contributed by atoms with E-state index in [2.05, 4.69) is 0 Å². The summed E-state index contributed by atoms with van der Waals surface area (Å²) in [6, 6.07) is 1.77. The molecule has 0 saturated carbocycles. The zero-order chi connectivity index (χ0) is 13.9. The summed E-state index contributed by atoms with van der Waals surface area (Å²) >= 11 is 0. The maximum Gasteiger partial charge on any atom is 0.278 e. The van der Waals surface area contributed by atoms with E-state index >= 15 is 0 Å². The predicted molar refractivity (Wildman–Crippen MR) is 64.8 cm³/mol. The Bertz CT molecular complexity index is 447. The fraction of sp³-hybridized carbons (Fsp3) is 0.455. The van der Waals surface area contributed by atoms with Gasteiger partial charge in [-0.25, -0.2) is 0 Å². The van der Waals surface area contributed by atoms with Gasteiger partial charge >= 0.3 is 0 Å². The van der Waals surface area contributed by atoms with Crippen molar-refractivity contribution in [2.45, 2.75) is 19.1 Å². The lowest BCUT2D eigenvalue weighted by Gasteiger charge is -2.17. The highest BCUT2D eigenvalue weighted by atomic mass is 16.6. The molecule has 0 aliphatic heterocycles. The molecule has 2 atom stereocenters. The average Bonchev–Trinajstić information content (AvgIpc) is 2.35. The van der Waals surface area contributed by atoms with Gasteiger partial charge in [-0.1, -0.05) is 0 Å². The third-order valence-electron chi connectivity index (χ3n) is 2.61.